The first-order valence-electron chi connectivity index (χ1n) is 4.61. The Morgan fingerprint density at radius 2 is 2.13 bits per heavy atom. The van der Waals surface area contributed by atoms with Crippen LogP contribution in [0.5, 0.6) is 0 Å². The van der Waals surface area contributed by atoms with E-state index in [9.17, 15) is 4.79 Å². The molecule has 4 heteroatoms. The zero-order valence-electron chi connectivity index (χ0n) is 8.54. The second kappa shape index (κ2) is 3.70. The highest BCUT2D eigenvalue weighted by molar-refractivity contribution is 9.10. The van der Waals surface area contributed by atoms with Gasteiger partial charge in [-0.1, -0.05) is 28.1 Å². The predicted octanol–water partition coefficient (Wildman–Crippen LogP) is 2.45. The van der Waals surface area contributed by atoms with E-state index < -0.39 is 0 Å². The minimum Gasteiger partial charge on any atom is -0.295 e. The number of nitrogens with zero attached hydrogens (tertiary/aromatic N) is 1. The fourth-order valence-corrected chi connectivity index (χ4v) is 1.99. The van der Waals surface area contributed by atoms with Crippen LogP contribution in [0.4, 0.5) is 0 Å². The molecule has 0 aliphatic heterocycles. The van der Waals surface area contributed by atoms with Crippen molar-refractivity contribution in [3.63, 3.8) is 0 Å². The van der Waals surface area contributed by atoms with Crippen LogP contribution in [0.1, 0.15) is 5.56 Å². The molecule has 78 valence electrons. The van der Waals surface area contributed by atoms with E-state index in [2.05, 4.69) is 21.0 Å². The SMILES string of the molecule is Cc1c(-c2cccc(Br)c2)[nH]n(C)c1=O. The quantitative estimate of drug-likeness (QED) is 0.846. The fourth-order valence-electron chi connectivity index (χ4n) is 1.59. The number of aromatic nitrogens is 2. The van der Waals surface area contributed by atoms with Gasteiger partial charge in [-0.25, -0.2) is 0 Å². The third-order valence-electron chi connectivity index (χ3n) is 2.39. The molecule has 0 bridgehead atoms. The van der Waals surface area contributed by atoms with E-state index in [1.165, 1.54) is 4.68 Å². The van der Waals surface area contributed by atoms with E-state index in [4.69, 9.17) is 0 Å². The lowest BCUT2D eigenvalue weighted by Gasteiger charge is -1.99. The Morgan fingerprint density at radius 1 is 1.40 bits per heavy atom. The highest BCUT2D eigenvalue weighted by Crippen LogP contribution is 2.22. The minimum atomic E-state index is 0.0185. The summed E-state index contributed by atoms with van der Waals surface area (Å²) in [5.74, 6) is 0. The summed E-state index contributed by atoms with van der Waals surface area (Å²) in [4.78, 5) is 11.6. The van der Waals surface area contributed by atoms with Gasteiger partial charge in [0.25, 0.3) is 5.56 Å². The molecule has 1 aromatic carbocycles. The molecular weight excluding hydrogens is 256 g/mol. The lowest BCUT2D eigenvalue weighted by molar-refractivity contribution is 0.741. The molecule has 0 atom stereocenters. The highest BCUT2D eigenvalue weighted by Gasteiger charge is 2.09. The molecule has 1 aromatic heterocycles. The van der Waals surface area contributed by atoms with E-state index in [1.807, 2.05) is 31.2 Å². The van der Waals surface area contributed by atoms with Gasteiger partial charge in [-0.05, 0) is 19.1 Å². The molecule has 0 aliphatic rings. The molecule has 0 aliphatic carbocycles. The smallest absolute Gasteiger partial charge is 0.269 e. The molecule has 0 saturated carbocycles. The van der Waals surface area contributed by atoms with Crippen LogP contribution >= 0.6 is 15.9 Å². The zero-order chi connectivity index (χ0) is 11.0. The van der Waals surface area contributed by atoms with Crippen LogP contribution in [-0.4, -0.2) is 9.78 Å². The number of nitrogens with one attached hydrogen (secondary N) is 1. The first-order valence-corrected chi connectivity index (χ1v) is 5.40. The van der Waals surface area contributed by atoms with Gasteiger partial charge in [0.15, 0.2) is 0 Å². The minimum absolute atomic E-state index is 0.0185. The van der Waals surface area contributed by atoms with Crippen LogP contribution in [0.3, 0.4) is 0 Å². The molecule has 0 saturated heterocycles. The van der Waals surface area contributed by atoms with E-state index in [-0.39, 0.29) is 5.56 Å². The van der Waals surface area contributed by atoms with Crippen LogP contribution in [0.25, 0.3) is 11.3 Å². The predicted molar refractivity (Wildman–Crippen MR) is 63.9 cm³/mol. The van der Waals surface area contributed by atoms with Crippen molar-refractivity contribution in [2.45, 2.75) is 6.92 Å². The van der Waals surface area contributed by atoms with Crippen molar-refractivity contribution >= 4 is 15.9 Å². The summed E-state index contributed by atoms with van der Waals surface area (Å²) in [5, 5.41) is 3.04. The van der Waals surface area contributed by atoms with E-state index in [0.717, 1.165) is 21.3 Å². The van der Waals surface area contributed by atoms with Gasteiger partial charge in [-0.2, -0.15) is 0 Å². The molecule has 3 nitrogen and oxygen atoms in total. The molecule has 0 radical (unpaired) electrons. The molecule has 15 heavy (non-hydrogen) atoms. The molecule has 2 aromatic rings. The Kier molecular flexibility index (Phi) is 2.52. The van der Waals surface area contributed by atoms with Crippen molar-refractivity contribution < 1.29 is 0 Å². The van der Waals surface area contributed by atoms with E-state index in [0.29, 0.717) is 0 Å². The summed E-state index contributed by atoms with van der Waals surface area (Å²) in [6.07, 6.45) is 0. The zero-order valence-corrected chi connectivity index (χ0v) is 10.1. The molecule has 0 amide bonds. The Hall–Kier alpha value is -1.29. The second-order valence-electron chi connectivity index (χ2n) is 3.49. The van der Waals surface area contributed by atoms with Crippen LogP contribution in [-0.2, 0) is 7.05 Å². The normalized spacial score (nSPS) is 10.6. The number of rotatable bonds is 1. The molecular formula is C11H11BrN2O. The van der Waals surface area contributed by atoms with Gasteiger partial charge in [-0.3, -0.25) is 14.6 Å². The Labute approximate surface area is 95.9 Å². The third-order valence-corrected chi connectivity index (χ3v) is 2.89. The van der Waals surface area contributed by atoms with Crippen LogP contribution in [0.2, 0.25) is 0 Å². The standard InChI is InChI=1S/C11H11BrN2O/c1-7-10(13-14(2)11(7)15)8-4-3-5-9(12)6-8/h3-6,13H,1-2H3. The van der Waals surface area contributed by atoms with Crippen LogP contribution in [0.15, 0.2) is 33.5 Å². The van der Waals surface area contributed by atoms with Crippen LogP contribution < -0.4 is 5.56 Å². The lowest BCUT2D eigenvalue weighted by atomic mass is 10.1. The number of hydrogen-bond donors (Lipinski definition) is 1. The first kappa shape index (κ1) is 10.2. The summed E-state index contributed by atoms with van der Waals surface area (Å²) >= 11 is 3.41. The third kappa shape index (κ3) is 1.77. The molecule has 0 spiro atoms. The van der Waals surface area contributed by atoms with E-state index in [1.54, 1.807) is 7.05 Å². The number of halogens is 1. The van der Waals surface area contributed by atoms with Crippen molar-refractivity contribution in [1.82, 2.24) is 9.78 Å². The van der Waals surface area contributed by atoms with Gasteiger partial charge in [0.05, 0.1) is 5.69 Å². The molecule has 1 N–H and O–H groups in total. The van der Waals surface area contributed by atoms with Crippen molar-refractivity contribution in [1.29, 1.82) is 0 Å². The number of H-pyrrole nitrogens is 1. The van der Waals surface area contributed by atoms with Crippen LogP contribution in [0, 0.1) is 6.92 Å². The van der Waals surface area contributed by atoms with Gasteiger partial charge in [0.2, 0.25) is 0 Å². The Balaban J connectivity index is 2.64. The number of benzene rings is 1. The van der Waals surface area contributed by atoms with E-state index >= 15 is 0 Å². The molecule has 0 fully saturated rings. The van der Waals surface area contributed by atoms with Gasteiger partial charge in [-0.15, -0.1) is 0 Å². The van der Waals surface area contributed by atoms with Crippen molar-refractivity contribution in [2.75, 3.05) is 0 Å². The lowest BCUT2D eigenvalue weighted by Crippen LogP contribution is -2.12. The van der Waals surface area contributed by atoms with Crippen molar-refractivity contribution in [3.8, 4) is 11.3 Å². The summed E-state index contributed by atoms with van der Waals surface area (Å²) in [6, 6.07) is 7.87. The molecule has 0 unspecified atom stereocenters. The summed E-state index contributed by atoms with van der Waals surface area (Å²) in [6.45, 7) is 1.83. The first-order chi connectivity index (χ1) is 7.09. The highest BCUT2D eigenvalue weighted by atomic mass is 79.9. The second-order valence-corrected chi connectivity index (χ2v) is 4.40. The number of hydrogen-bond acceptors (Lipinski definition) is 1. The topological polar surface area (TPSA) is 37.8 Å². The largest absolute Gasteiger partial charge is 0.295 e. The molecule has 2 rings (SSSR count). The van der Waals surface area contributed by atoms with Crippen molar-refractivity contribution in [3.05, 3.63) is 44.7 Å². The average Bonchev–Trinajstić information content (AvgIpc) is 2.46. The number of aryl methyl sites for hydroxylation is 1. The summed E-state index contributed by atoms with van der Waals surface area (Å²) in [7, 11) is 1.72. The van der Waals surface area contributed by atoms with Gasteiger partial charge in [0, 0.05) is 22.6 Å². The monoisotopic (exact) mass is 266 g/mol. The van der Waals surface area contributed by atoms with Gasteiger partial charge < -0.3 is 0 Å². The Bertz CT molecular complexity index is 554. The van der Waals surface area contributed by atoms with Gasteiger partial charge in [0.1, 0.15) is 0 Å². The maximum Gasteiger partial charge on any atom is 0.269 e. The summed E-state index contributed by atoms with van der Waals surface area (Å²) < 4.78 is 2.50. The maximum atomic E-state index is 11.6. The number of aromatic amines is 1. The Morgan fingerprint density at radius 3 is 2.67 bits per heavy atom. The average molecular weight is 267 g/mol. The summed E-state index contributed by atoms with van der Waals surface area (Å²) in [5.41, 5.74) is 2.66. The van der Waals surface area contributed by atoms with Gasteiger partial charge >= 0.3 is 0 Å². The maximum absolute atomic E-state index is 11.6. The molecule has 1 heterocycles. The fraction of sp³-hybridized carbons (Fsp3) is 0.182. The van der Waals surface area contributed by atoms with Crippen molar-refractivity contribution in [2.24, 2.45) is 7.05 Å².